The number of nitrogens with two attached hydrogens (primary N) is 1. The zero-order valence-corrected chi connectivity index (χ0v) is 14.1. The van der Waals surface area contributed by atoms with Gasteiger partial charge in [0.2, 0.25) is 15.9 Å². The van der Waals surface area contributed by atoms with Crippen LogP contribution in [0.3, 0.4) is 0 Å². The first-order chi connectivity index (χ1) is 10.7. The molecular weight excluding hydrogens is 312 g/mol. The van der Waals surface area contributed by atoms with Crippen molar-refractivity contribution < 1.29 is 13.2 Å². The minimum atomic E-state index is -3.90. The van der Waals surface area contributed by atoms with Gasteiger partial charge in [0, 0.05) is 0 Å². The van der Waals surface area contributed by atoms with Crippen molar-refractivity contribution in [3.8, 4) is 0 Å². The second-order valence-electron chi connectivity index (χ2n) is 5.71. The van der Waals surface area contributed by atoms with Gasteiger partial charge in [-0.1, -0.05) is 36.4 Å². The predicted molar refractivity (Wildman–Crippen MR) is 89.2 cm³/mol. The van der Waals surface area contributed by atoms with Gasteiger partial charge in [-0.15, -0.1) is 0 Å². The van der Waals surface area contributed by atoms with Gasteiger partial charge in [0.1, 0.15) is 5.54 Å². The summed E-state index contributed by atoms with van der Waals surface area (Å²) in [4.78, 5) is 12.0. The number of nitrogens with one attached hydrogen (secondary N) is 1. The molecule has 6 heteroatoms. The average Bonchev–Trinajstić information content (AvgIpc) is 2.50. The van der Waals surface area contributed by atoms with Crippen LogP contribution in [0.5, 0.6) is 0 Å². The lowest BCUT2D eigenvalue weighted by Crippen LogP contribution is -2.52. The van der Waals surface area contributed by atoms with Crippen molar-refractivity contribution >= 4 is 15.9 Å². The van der Waals surface area contributed by atoms with Crippen molar-refractivity contribution in [2.24, 2.45) is 5.73 Å². The number of hydrogen-bond acceptors (Lipinski definition) is 3. The maximum absolute atomic E-state index is 12.7. The van der Waals surface area contributed by atoms with E-state index in [-0.39, 0.29) is 4.90 Å². The number of hydrogen-bond donors (Lipinski definition) is 2. The summed E-state index contributed by atoms with van der Waals surface area (Å²) < 4.78 is 27.8. The second-order valence-corrected chi connectivity index (χ2v) is 7.39. The lowest BCUT2D eigenvalue weighted by Gasteiger charge is -2.27. The van der Waals surface area contributed by atoms with Crippen molar-refractivity contribution in [3.63, 3.8) is 0 Å². The van der Waals surface area contributed by atoms with Crippen LogP contribution in [0.15, 0.2) is 53.4 Å². The Bertz CT molecular complexity index is 832. The monoisotopic (exact) mass is 332 g/mol. The van der Waals surface area contributed by atoms with Crippen LogP contribution in [0, 0.1) is 13.8 Å². The summed E-state index contributed by atoms with van der Waals surface area (Å²) in [5.41, 5.74) is 6.28. The van der Waals surface area contributed by atoms with Gasteiger partial charge in [-0.05, 0) is 49.6 Å². The van der Waals surface area contributed by atoms with Crippen LogP contribution in [-0.4, -0.2) is 14.3 Å². The van der Waals surface area contributed by atoms with E-state index in [0.29, 0.717) is 5.56 Å². The molecule has 0 saturated heterocycles. The van der Waals surface area contributed by atoms with E-state index in [1.807, 2.05) is 13.8 Å². The summed E-state index contributed by atoms with van der Waals surface area (Å²) in [5, 5.41) is 0. The molecule has 3 N–H and O–H groups in total. The van der Waals surface area contributed by atoms with Crippen molar-refractivity contribution in [1.82, 2.24) is 4.72 Å². The Kier molecular flexibility index (Phi) is 4.58. The Morgan fingerprint density at radius 2 is 1.65 bits per heavy atom. The van der Waals surface area contributed by atoms with Crippen LogP contribution in [0.25, 0.3) is 0 Å². The van der Waals surface area contributed by atoms with Crippen molar-refractivity contribution in [3.05, 3.63) is 65.2 Å². The molecule has 2 rings (SSSR count). The maximum atomic E-state index is 12.7. The highest BCUT2D eigenvalue weighted by atomic mass is 32.2. The molecule has 5 nitrogen and oxygen atoms in total. The first kappa shape index (κ1) is 17.2. The molecule has 2 aromatic carbocycles. The lowest BCUT2D eigenvalue weighted by atomic mass is 9.93. The minimum Gasteiger partial charge on any atom is -0.368 e. The summed E-state index contributed by atoms with van der Waals surface area (Å²) in [5.74, 6) is -0.767. The molecular formula is C17H20N2O3S. The van der Waals surface area contributed by atoms with E-state index in [0.717, 1.165) is 11.1 Å². The average molecular weight is 332 g/mol. The quantitative estimate of drug-likeness (QED) is 0.877. The molecule has 0 aliphatic heterocycles. The van der Waals surface area contributed by atoms with Gasteiger partial charge in [0.05, 0.1) is 4.90 Å². The number of carbonyl (C=O) groups excluding carboxylic acids is 1. The SMILES string of the molecule is Cc1ccc(S(=O)(=O)N[C@](C)(C(N)=O)c2ccccc2)cc1C. The van der Waals surface area contributed by atoms with E-state index < -0.39 is 21.5 Å². The first-order valence-corrected chi connectivity index (χ1v) is 8.62. The summed E-state index contributed by atoms with van der Waals surface area (Å²) in [6, 6.07) is 13.4. The van der Waals surface area contributed by atoms with Crippen molar-refractivity contribution in [2.75, 3.05) is 0 Å². The first-order valence-electron chi connectivity index (χ1n) is 7.13. The zero-order chi connectivity index (χ0) is 17.3. The van der Waals surface area contributed by atoms with Gasteiger partial charge in [-0.3, -0.25) is 4.79 Å². The molecule has 0 aliphatic rings. The molecule has 0 unspecified atom stereocenters. The van der Waals surface area contributed by atoms with Crippen molar-refractivity contribution in [2.45, 2.75) is 31.2 Å². The largest absolute Gasteiger partial charge is 0.368 e. The molecule has 23 heavy (non-hydrogen) atoms. The maximum Gasteiger partial charge on any atom is 0.243 e. The molecule has 0 fully saturated rings. The van der Waals surface area contributed by atoms with Crippen LogP contribution in [-0.2, 0) is 20.4 Å². The van der Waals surface area contributed by atoms with Crippen LogP contribution >= 0.6 is 0 Å². The summed E-state index contributed by atoms with van der Waals surface area (Å²) in [6.07, 6.45) is 0. The van der Waals surface area contributed by atoms with Gasteiger partial charge in [0.15, 0.2) is 0 Å². The number of sulfonamides is 1. The Hall–Kier alpha value is -2.18. The van der Waals surface area contributed by atoms with E-state index in [9.17, 15) is 13.2 Å². The number of primary amides is 1. The number of rotatable bonds is 5. The molecule has 2 aromatic rings. The molecule has 122 valence electrons. The zero-order valence-electron chi connectivity index (χ0n) is 13.3. The van der Waals surface area contributed by atoms with Gasteiger partial charge >= 0.3 is 0 Å². The molecule has 0 saturated carbocycles. The molecule has 0 bridgehead atoms. The third-order valence-electron chi connectivity index (χ3n) is 3.97. The van der Waals surface area contributed by atoms with Crippen LogP contribution in [0.4, 0.5) is 0 Å². The van der Waals surface area contributed by atoms with Crippen LogP contribution in [0.2, 0.25) is 0 Å². The lowest BCUT2D eigenvalue weighted by molar-refractivity contribution is -0.123. The van der Waals surface area contributed by atoms with Gasteiger partial charge in [0.25, 0.3) is 0 Å². The fourth-order valence-electron chi connectivity index (χ4n) is 2.23. The molecule has 0 spiro atoms. The Balaban J connectivity index is 2.47. The number of benzene rings is 2. The summed E-state index contributed by atoms with van der Waals surface area (Å²) in [6.45, 7) is 5.19. The Morgan fingerprint density at radius 3 is 2.17 bits per heavy atom. The topological polar surface area (TPSA) is 89.3 Å². The molecule has 1 atom stereocenters. The number of carbonyl (C=O) groups is 1. The van der Waals surface area contributed by atoms with E-state index in [1.165, 1.54) is 13.0 Å². The van der Waals surface area contributed by atoms with E-state index in [1.54, 1.807) is 42.5 Å². The Labute approximate surface area is 136 Å². The smallest absolute Gasteiger partial charge is 0.243 e. The summed E-state index contributed by atoms with van der Waals surface area (Å²) in [7, 11) is -3.90. The normalized spacial score (nSPS) is 14.2. The van der Waals surface area contributed by atoms with Gasteiger partial charge in [-0.2, -0.15) is 4.72 Å². The third-order valence-corrected chi connectivity index (χ3v) is 5.52. The highest BCUT2D eigenvalue weighted by molar-refractivity contribution is 7.89. The number of aryl methyl sites for hydroxylation is 2. The van der Waals surface area contributed by atoms with E-state index in [2.05, 4.69) is 4.72 Å². The van der Waals surface area contributed by atoms with Gasteiger partial charge < -0.3 is 5.73 Å². The molecule has 0 aromatic heterocycles. The van der Waals surface area contributed by atoms with Crippen LogP contribution < -0.4 is 10.5 Å². The molecule has 0 radical (unpaired) electrons. The number of amides is 1. The fourth-order valence-corrected chi connectivity index (χ4v) is 3.68. The third kappa shape index (κ3) is 3.43. The Morgan fingerprint density at radius 1 is 1.04 bits per heavy atom. The predicted octanol–water partition coefficient (Wildman–Crippen LogP) is 1.98. The highest BCUT2D eigenvalue weighted by Gasteiger charge is 2.38. The minimum absolute atomic E-state index is 0.101. The molecule has 0 heterocycles. The van der Waals surface area contributed by atoms with Crippen molar-refractivity contribution in [1.29, 1.82) is 0 Å². The summed E-state index contributed by atoms with van der Waals surface area (Å²) >= 11 is 0. The van der Waals surface area contributed by atoms with E-state index in [4.69, 9.17) is 5.73 Å². The second kappa shape index (κ2) is 6.14. The van der Waals surface area contributed by atoms with Gasteiger partial charge in [-0.25, -0.2) is 8.42 Å². The highest BCUT2D eigenvalue weighted by Crippen LogP contribution is 2.24. The van der Waals surface area contributed by atoms with E-state index >= 15 is 0 Å². The molecule has 1 amide bonds. The standard InChI is InChI=1S/C17H20N2O3S/c1-12-9-10-15(11-13(12)2)23(21,22)19-17(3,16(18)20)14-7-5-4-6-8-14/h4-11,19H,1-3H3,(H2,18,20)/t17-/m0/s1. The molecule has 0 aliphatic carbocycles. The fraction of sp³-hybridized carbons (Fsp3) is 0.235. The van der Waals surface area contributed by atoms with Crippen LogP contribution in [0.1, 0.15) is 23.6 Å².